The van der Waals surface area contributed by atoms with E-state index in [2.05, 4.69) is 4.90 Å². The summed E-state index contributed by atoms with van der Waals surface area (Å²) in [5.41, 5.74) is 6.65. The number of aliphatic hydroxyl groups excluding tert-OH is 1. The van der Waals surface area contributed by atoms with Crippen LogP contribution in [-0.2, 0) is 0 Å². The molecule has 1 saturated carbocycles. The summed E-state index contributed by atoms with van der Waals surface area (Å²) < 4.78 is 13.6. The summed E-state index contributed by atoms with van der Waals surface area (Å²) in [6.45, 7) is 0.775. The third kappa shape index (κ3) is 3.78. The summed E-state index contributed by atoms with van der Waals surface area (Å²) >= 11 is 0. The van der Waals surface area contributed by atoms with Gasteiger partial charge in [0.2, 0.25) is 0 Å². The molecular formula is C16H25FN2O. The van der Waals surface area contributed by atoms with Crippen LogP contribution in [0.25, 0.3) is 0 Å². The van der Waals surface area contributed by atoms with Crippen LogP contribution in [0.1, 0.15) is 43.7 Å². The molecule has 0 saturated heterocycles. The van der Waals surface area contributed by atoms with Crippen molar-refractivity contribution in [3.8, 4) is 0 Å². The van der Waals surface area contributed by atoms with E-state index in [9.17, 15) is 9.50 Å². The Morgan fingerprint density at radius 3 is 2.75 bits per heavy atom. The second-order valence-corrected chi connectivity index (χ2v) is 5.82. The van der Waals surface area contributed by atoms with Crippen molar-refractivity contribution in [2.45, 2.75) is 50.3 Å². The van der Waals surface area contributed by atoms with Crippen molar-refractivity contribution in [1.29, 1.82) is 0 Å². The third-order valence-corrected chi connectivity index (χ3v) is 4.36. The fourth-order valence-corrected chi connectivity index (χ4v) is 3.05. The molecule has 1 aliphatic rings. The maximum atomic E-state index is 13.6. The van der Waals surface area contributed by atoms with E-state index in [0.717, 1.165) is 25.8 Å². The summed E-state index contributed by atoms with van der Waals surface area (Å²) in [5, 5.41) is 10.0. The highest BCUT2D eigenvalue weighted by molar-refractivity contribution is 5.20. The molecule has 3 N–H and O–H groups in total. The number of aliphatic hydroxyl groups is 1. The number of rotatable bonds is 5. The molecule has 3 unspecified atom stereocenters. The van der Waals surface area contributed by atoms with E-state index in [0.29, 0.717) is 12.0 Å². The van der Waals surface area contributed by atoms with Gasteiger partial charge >= 0.3 is 0 Å². The minimum Gasteiger partial charge on any atom is -0.391 e. The lowest BCUT2D eigenvalue weighted by Gasteiger charge is -2.35. The molecule has 0 amide bonds. The highest BCUT2D eigenvalue weighted by atomic mass is 19.1. The van der Waals surface area contributed by atoms with E-state index in [1.54, 1.807) is 12.1 Å². The molecule has 3 nitrogen and oxygen atoms in total. The van der Waals surface area contributed by atoms with Crippen molar-refractivity contribution in [2.24, 2.45) is 5.73 Å². The lowest BCUT2D eigenvalue weighted by molar-refractivity contribution is 0.0311. The molecule has 0 radical (unpaired) electrons. The molecule has 20 heavy (non-hydrogen) atoms. The van der Waals surface area contributed by atoms with Gasteiger partial charge in [0.05, 0.1) is 6.10 Å². The SMILES string of the molecule is CN(CCC(N)c1ccccc1F)C1CCCCC1O. The fraction of sp³-hybridized carbons (Fsp3) is 0.625. The van der Waals surface area contributed by atoms with Crippen LogP contribution in [0, 0.1) is 5.82 Å². The molecule has 0 aromatic heterocycles. The second-order valence-electron chi connectivity index (χ2n) is 5.82. The van der Waals surface area contributed by atoms with Gasteiger partial charge in [0.1, 0.15) is 5.82 Å². The standard InChI is InChI=1S/C16H25FN2O/c1-19(15-8-4-5-9-16(15)20)11-10-14(18)12-6-2-3-7-13(12)17/h2-3,6-7,14-16,20H,4-5,8-11,18H2,1H3. The normalized spacial score (nSPS) is 24.9. The largest absolute Gasteiger partial charge is 0.391 e. The van der Waals surface area contributed by atoms with Crippen molar-refractivity contribution >= 4 is 0 Å². The third-order valence-electron chi connectivity index (χ3n) is 4.36. The Labute approximate surface area is 120 Å². The Bertz CT molecular complexity index is 427. The van der Waals surface area contributed by atoms with E-state index >= 15 is 0 Å². The summed E-state index contributed by atoms with van der Waals surface area (Å²) in [7, 11) is 2.02. The fourth-order valence-electron chi connectivity index (χ4n) is 3.05. The molecule has 2 rings (SSSR count). The molecule has 0 bridgehead atoms. The number of hydrogen-bond donors (Lipinski definition) is 2. The molecule has 4 heteroatoms. The Balaban J connectivity index is 1.86. The number of likely N-dealkylation sites (N-methyl/N-ethyl adjacent to an activating group) is 1. The molecule has 1 aromatic rings. The van der Waals surface area contributed by atoms with Crippen LogP contribution in [0.3, 0.4) is 0 Å². The van der Waals surface area contributed by atoms with Crippen LogP contribution < -0.4 is 5.73 Å². The number of nitrogens with two attached hydrogens (primary N) is 1. The van der Waals surface area contributed by atoms with E-state index in [4.69, 9.17) is 5.73 Å². The number of hydrogen-bond acceptors (Lipinski definition) is 3. The highest BCUT2D eigenvalue weighted by Gasteiger charge is 2.26. The summed E-state index contributed by atoms with van der Waals surface area (Å²) in [5.74, 6) is -0.236. The van der Waals surface area contributed by atoms with Crippen molar-refractivity contribution in [1.82, 2.24) is 4.90 Å². The molecule has 1 aromatic carbocycles. The Morgan fingerprint density at radius 2 is 2.05 bits per heavy atom. The lowest BCUT2D eigenvalue weighted by Crippen LogP contribution is -2.44. The first kappa shape index (κ1) is 15.4. The molecule has 1 fully saturated rings. The lowest BCUT2D eigenvalue weighted by atomic mass is 9.91. The average Bonchev–Trinajstić information content (AvgIpc) is 2.45. The van der Waals surface area contributed by atoms with Crippen molar-refractivity contribution in [3.05, 3.63) is 35.6 Å². The smallest absolute Gasteiger partial charge is 0.127 e. The molecule has 1 aliphatic carbocycles. The van der Waals surface area contributed by atoms with Crippen molar-refractivity contribution < 1.29 is 9.50 Å². The summed E-state index contributed by atoms with van der Waals surface area (Å²) in [6, 6.07) is 6.61. The maximum Gasteiger partial charge on any atom is 0.127 e. The van der Waals surface area contributed by atoms with Gasteiger partial charge in [-0.25, -0.2) is 4.39 Å². The predicted octanol–water partition coefficient (Wildman–Crippen LogP) is 2.45. The van der Waals surface area contributed by atoms with E-state index in [-0.39, 0.29) is 24.0 Å². The average molecular weight is 280 g/mol. The highest BCUT2D eigenvalue weighted by Crippen LogP contribution is 2.24. The Hall–Kier alpha value is -0.970. The van der Waals surface area contributed by atoms with Gasteiger partial charge in [-0.05, 0) is 32.4 Å². The quantitative estimate of drug-likeness (QED) is 0.871. The van der Waals surface area contributed by atoms with Gasteiger partial charge in [0, 0.05) is 24.2 Å². The zero-order chi connectivity index (χ0) is 14.5. The molecule has 0 aliphatic heterocycles. The van der Waals surface area contributed by atoms with Gasteiger partial charge in [-0.1, -0.05) is 31.0 Å². The van der Waals surface area contributed by atoms with E-state index < -0.39 is 0 Å². The zero-order valence-electron chi connectivity index (χ0n) is 12.1. The topological polar surface area (TPSA) is 49.5 Å². The predicted molar refractivity (Wildman–Crippen MR) is 78.8 cm³/mol. The van der Waals surface area contributed by atoms with Gasteiger partial charge in [0.25, 0.3) is 0 Å². The van der Waals surface area contributed by atoms with Crippen LogP contribution in [0.5, 0.6) is 0 Å². The van der Waals surface area contributed by atoms with Gasteiger partial charge in [-0.15, -0.1) is 0 Å². The molecule has 3 atom stereocenters. The maximum absolute atomic E-state index is 13.6. The Kier molecular flexibility index (Phi) is 5.52. The number of halogens is 1. The first-order chi connectivity index (χ1) is 9.59. The monoisotopic (exact) mass is 280 g/mol. The molecule has 112 valence electrons. The summed E-state index contributed by atoms with van der Waals surface area (Å²) in [6.07, 6.45) is 4.66. The van der Waals surface area contributed by atoms with Crippen LogP contribution in [0.2, 0.25) is 0 Å². The van der Waals surface area contributed by atoms with Gasteiger partial charge in [-0.2, -0.15) is 0 Å². The van der Waals surface area contributed by atoms with Crippen LogP contribution >= 0.6 is 0 Å². The Morgan fingerprint density at radius 1 is 1.35 bits per heavy atom. The van der Waals surface area contributed by atoms with Gasteiger partial charge in [0.15, 0.2) is 0 Å². The minimum atomic E-state index is -0.292. The van der Waals surface area contributed by atoms with Crippen molar-refractivity contribution in [3.63, 3.8) is 0 Å². The van der Waals surface area contributed by atoms with Gasteiger partial charge in [-0.3, -0.25) is 0 Å². The molecule has 0 heterocycles. The molecular weight excluding hydrogens is 255 g/mol. The van der Waals surface area contributed by atoms with Crippen molar-refractivity contribution in [2.75, 3.05) is 13.6 Å². The van der Waals surface area contributed by atoms with E-state index in [1.165, 1.54) is 12.5 Å². The minimum absolute atomic E-state index is 0.219. The first-order valence-corrected chi connectivity index (χ1v) is 7.48. The van der Waals surface area contributed by atoms with Crippen LogP contribution in [0.15, 0.2) is 24.3 Å². The number of benzene rings is 1. The number of nitrogens with zero attached hydrogens (tertiary/aromatic N) is 1. The van der Waals surface area contributed by atoms with Gasteiger partial charge < -0.3 is 15.7 Å². The second kappa shape index (κ2) is 7.16. The zero-order valence-corrected chi connectivity index (χ0v) is 12.1. The van der Waals surface area contributed by atoms with Crippen LogP contribution in [0.4, 0.5) is 4.39 Å². The first-order valence-electron chi connectivity index (χ1n) is 7.48. The van der Waals surface area contributed by atoms with Crippen LogP contribution in [-0.4, -0.2) is 35.7 Å². The van der Waals surface area contributed by atoms with E-state index in [1.807, 2.05) is 13.1 Å². The summed E-state index contributed by atoms with van der Waals surface area (Å²) in [4.78, 5) is 2.17. The molecule has 0 spiro atoms.